The maximum atomic E-state index is 5.12. The molecule has 0 spiro atoms. The lowest BCUT2D eigenvalue weighted by Gasteiger charge is -2.20. The fourth-order valence-electron chi connectivity index (χ4n) is 4.75. The zero-order valence-corrected chi connectivity index (χ0v) is 20.8. The van der Waals surface area contributed by atoms with Gasteiger partial charge in [-0.05, 0) is 47.4 Å². The monoisotopic (exact) mass is 480 g/mol. The molecule has 0 radical (unpaired) electrons. The van der Waals surface area contributed by atoms with Crippen LogP contribution in [0.25, 0.3) is 22.9 Å². The molecule has 0 aliphatic carbocycles. The van der Waals surface area contributed by atoms with Crippen LogP contribution in [0.1, 0.15) is 29.3 Å². The van der Waals surface area contributed by atoms with E-state index in [1.54, 1.807) is 0 Å². The quantitative estimate of drug-likeness (QED) is 0.275. The van der Waals surface area contributed by atoms with Crippen LogP contribution in [-0.4, -0.2) is 15.5 Å². The van der Waals surface area contributed by atoms with E-state index in [1.165, 1.54) is 16.7 Å². The molecule has 37 heavy (non-hydrogen) atoms. The first-order chi connectivity index (χ1) is 18.2. The van der Waals surface area contributed by atoms with Crippen molar-refractivity contribution in [3.8, 4) is 16.8 Å². The van der Waals surface area contributed by atoms with E-state index in [0.717, 1.165) is 40.6 Å². The average molecular weight is 481 g/mol. The molecule has 4 heteroatoms. The van der Waals surface area contributed by atoms with Crippen molar-refractivity contribution in [2.75, 3.05) is 5.32 Å². The Bertz CT molecular complexity index is 1550. The van der Waals surface area contributed by atoms with Crippen LogP contribution in [-0.2, 0) is 0 Å². The SMILES string of the molecule is Cc1nn(-c2ccccc2)c2c1N=C(/C=C/c1ccccc1)C[C@@H](c1ccc(-c3ccccc3)cc1)N2. The molecule has 6 rings (SSSR count). The van der Waals surface area contributed by atoms with E-state index in [4.69, 9.17) is 10.1 Å². The summed E-state index contributed by atoms with van der Waals surface area (Å²) in [6.45, 7) is 2.02. The highest BCUT2D eigenvalue weighted by atomic mass is 15.4. The Labute approximate surface area is 217 Å². The summed E-state index contributed by atoms with van der Waals surface area (Å²) in [5.74, 6) is 0.920. The van der Waals surface area contributed by atoms with Crippen molar-refractivity contribution in [1.82, 2.24) is 9.78 Å². The Morgan fingerprint density at radius 1 is 0.730 bits per heavy atom. The van der Waals surface area contributed by atoms with Gasteiger partial charge in [0.15, 0.2) is 5.82 Å². The van der Waals surface area contributed by atoms with Crippen molar-refractivity contribution < 1.29 is 0 Å². The third-order valence-electron chi connectivity index (χ3n) is 6.70. The Morgan fingerprint density at radius 3 is 2.05 bits per heavy atom. The highest BCUT2D eigenvalue weighted by molar-refractivity contribution is 6.02. The number of anilines is 1. The largest absolute Gasteiger partial charge is 0.361 e. The fraction of sp³-hybridized carbons (Fsp3) is 0.0909. The maximum absolute atomic E-state index is 5.12. The van der Waals surface area contributed by atoms with Gasteiger partial charge in [-0.3, -0.25) is 0 Å². The number of aryl methyl sites for hydroxylation is 1. The summed E-state index contributed by atoms with van der Waals surface area (Å²) in [4.78, 5) is 5.12. The van der Waals surface area contributed by atoms with Gasteiger partial charge in [-0.25, -0.2) is 9.67 Å². The molecule has 0 amide bonds. The predicted octanol–water partition coefficient (Wildman–Crippen LogP) is 8.19. The van der Waals surface area contributed by atoms with Crippen molar-refractivity contribution in [3.63, 3.8) is 0 Å². The maximum Gasteiger partial charge on any atom is 0.156 e. The van der Waals surface area contributed by atoms with Crippen LogP contribution in [0.15, 0.2) is 126 Å². The number of allylic oxidation sites excluding steroid dienone is 1. The van der Waals surface area contributed by atoms with Gasteiger partial charge in [0.1, 0.15) is 5.69 Å². The zero-order valence-electron chi connectivity index (χ0n) is 20.8. The molecule has 1 aliphatic rings. The van der Waals surface area contributed by atoms with E-state index in [-0.39, 0.29) is 6.04 Å². The first-order valence-electron chi connectivity index (χ1n) is 12.6. The Hall–Kier alpha value is -4.70. The summed E-state index contributed by atoms with van der Waals surface area (Å²) < 4.78 is 1.98. The second-order valence-electron chi connectivity index (χ2n) is 9.27. The van der Waals surface area contributed by atoms with Crippen LogP contribution < -0.4 is 5.32 Å². The van der Waals surface area contributed by atoms with Gasteiger partial charge < -0.3 is 5.32 Å². The van der Waals surface area contributed by atoms with Crippen LogP contribution in [0.2, 0.25) is 0 Å². The number of nitrogens with one attached hydrogen (secondary N) is 1. The minimum absolute atomic E-state index is 0.0452. The van der Waals surface area contributed by atoms with Crippen molar-refractivity contribution in [2.45, 2.75) is 19.4 Å². The second kappa shape index (κ2) is 10.1. The molecule has 0 saturated heterocycles. The number of aliphatic imine (C=N–C) groups is 1. The standard InChI is InChI=1S/C33H28N4/c1-24-32-33(37(36-24)30-15-9-4-10-16-30)35-31(23-29(34-32)22-17-25-11-5-2-6-12-25)28-20-18-27(19-21-28)26-13-7-3-8-14-26/h2-22,31,35H,23H2,1H3/b22-17+/t31-/m0/s1. The molecule has 1 atom stereocenters. The van der Waals surface area contributed by atoms with Gasteiger partial charge in [0.05, 0.1) is 17.4 Å². The summed E-state index contributed by atoms with van der Waals surface area (Å²) in [6, 6.07) is 40.0. The summed E-state index contributed by atoms with van der Waals surface area (Å²) in [5.41, 5.74) is 8.61. The lowest BCUT2D eigenvalue weighted by Crippen LogP contribution is -2.15. The number of nitrogens with zero attached hydrogens (tertiary/aromatic N) is 3. The molecule has 4 aromatic carbocycles. The molecule has 4 nitrogen and oxygen atoms in total. The number of benzene rings is 4. The Balaban J connectivity index is 1.41. The van der Waals surface area contributed by atoms with Gasteiger partial charge >= 0.3 is 0 Å². The van der Waals surface area contributed by atoms with E-state index in [0.29, 0.717) is 0 Å². The predicted molar refractivity (Wildman–Crippen MR) is 154 cm³/mol. The fourth-order valence-corrected chi connectivity index (χ4v) is 4.75. The molecule has 0 bridgehead atoms. The van der Waals surface area contributed by atoms with E-state index in [2.05, 4.69) is 102 Å². The number of rotatable bonds is 5. The van der Waals surface area contributed by atoms with Gasteiger partial charge in [0, 0.05) is 12.1 Å². The molecule has 5 aromatic rings. The van der Waals surface area contributed by atoms with E-state index in [9.17, 15) is 0 Å². The van der Waals surface area contributed by atoms with Crippen LogP contribution in [0, 0.1) is 6.92 Å². The third-order valence-corrected chi connectivity index (χ3v) is 6.70. The van der Waals surface area contributed by atoms with Crippen molar-refractivity contribution in [3.05, 3.63) is 138 Å². The molecule has 1 aliphatic heterocycles. The summed E-state index contributed by atoms with van der Waals surface area (Å²) in [7, 11) is 0. The smallest absolute Gasteiger partial charge is 0.156 e. The number of fused-ring (bicyclic) bond motifs is 1. The molecule has 1 N–H and O–H groups in total. The Kier molecular flexibility index (Phi) is 6.22. The summed E-state index contributed by atoms with van der Waals surface area (Å²) in [5, 5.41) is 8.66. The van der Waals surface area contributed by atoms with E-state index in [1.807, 2.05) is 41.9 Å². The third kappa shape index (κ3) is 4.87. The van der Waals surface area contributed by atoms with Gasteiger partial charge in [0.25, 0.3) is 0 Å². The average Bonchev–Trinajstić information content (AvgIpc) is 3.14. The molecule has 0 fully saturated rings. The Morgan fingerprint density at radius 2 is 1.35 bits per heavy atom. The number of para-hydroxylation sites is 1. The normalized spacial score (nSPS) is 15.1. The molecule has 0 unspecified atom stereocenters. The molecule has 2 heterocycles. The summed E-state index contributed by atoms with van der Waals surface area (Å²) >= 11 is 0. The van der Waals surface area contributed by atoms with Crippen LogP contribution in [0.5, 0.6) is 0 Å². The zero-order chi connectivity index (χ0) is 25.0. The molecule has 180 valence electrons. The second-order valence-corrected chi connectivity index (χ2v) is 9.27. The van der Waals surface area contributed by atoms with Crippen LogP contribution >= 0.6 is 0 Å². The van der Waals surface area contributed by atoms with Crippen LogP contribution in [0.4, 0.5) is 11.5 Å². The minimum Gasteiger partial charge on any atom is -0.361 e. The number of hydrogen-bond acceptors (Lipinski definition) is 3. The summed E-state index contributed by atoms with van der Waals surface area (Å²) in [6.07, 6.45) is 5.03. The van der Waals surface area contributed by atoms with Crippen LogP contribution in [0.3, 0.4) is 0 Å². The van der Waals surface area contributed by atoms with Gasteiger partial charge in [-0.15, -0.1) is 0 Å². The number of hydrogen-bond donors (Lipinski definition) is 1. The lowest BCUT2D eigenvalue weighted by molar-refractivity contribution is 0.790. The van der Waals surface area contributed by atoms with E-state index < -0.39 is 0 Å². The van der Waals surface area contributed by atoms with Crippen molar-refractivity contribution in [2.24, 2.45) is 4.99 Å². The number of aromatic nitrogens is 2. The highest BCUT2D eigenvalue weighted by Crippen LogP contribution is 2.38. The van der Waals surface area contributed by atoms with Gasteiger partial charge in [-0.1, -0.05) is 109 Å². The molecular weight excluding hydrogens is 452 g/mol. The van der Waals surface area contributed by atoms with Gasteiger partial charge in [-0.2, -0.15) is 5.10 Å². The first-order valence-corrected chi connectivity index (χ1v) is 12.6. The first kappa shape index (κ1) is 22.7. The van der Waals surface area contributed by atoms with E-state index >= 15 is 0 Å². The molecule has 0 saturated carbocycles. The highest BCUT2D eigenvalue weighted by Gasteiger charge is 2.25. The van der Waals surface area contributed by atoms with Crippen molar-refractivity contribution >= 4 is 23.3 Å². The topological polar surface area (TPSA) is 42.2 Å². The van der Waals surface area contributed by atoms with Crippen molar-refractivity contribution in [1.29, 1.82) is 0 Å². The minimum atomic E-state index is 0.0452. The molecule has 1 aromatic heterocycles. The lowest BCUT2D eigenvalue weighted by atomic mass is 9.97. The molecular formula is C33H28N4. The van der Waals surface area contributed by atoms with Gasteiger partial charge in [0.2, 0.25) is 0 Å².